The molecule has 0 spiro atoms. The molecule has 3 rings (SSSR count). The molecule has 122 valence electrons. The Kier molecular flexibility index (Phi) is 4.49. The van der Waals surface area contributed by atoms with Crippen molar-refractivity contribution in [3.8, 4) is 0 Å². The number of halogens is 1. The molecule has 0 aromatic heterocycles. The van der Waals surface area contributed by atoms with Crippen molar-refractivity contribution in [1.82, 2.24) is 0 Å². The van der Waals surface area contributed by atoms with Crippen LogP contribution in [0.25, 0.3) is 0 Å². The van der Waals surface area contributed by atoms with Gasteiger partial charge in [0.05, 0.1) is 6.61 Å². The Morgan fingerprint density at radius 1 is 1.00 bits per heavy atom. The Labute approximate surface area is 144 Å². The molecule has 0 N–H and O–H groups in total. The van der Waals surface area contributed by atoms with Gasteiger partial charge in [-0.15, -0.1) is 11.6 Å². The fraction of sp³-hybridized carbons (Fsp3) is 0.211. The molecule has 0 saturated heterocycles. The lowest BCUT2D eigenvalue weighted by atomic mass is 9.81. The maximum atomic E-state index is 12.8. The predicted octanol–water partition coefficient (Wildman–Crippen LogP) is 3.18. The Bertz CT molecular complexity index is 841. The average Bonchev–Trinajstić information content (AvgIpc) is 2.59. The standard InChI is InChI=1S/C19H15ClO4/c1-2-24-19(23)15(20)10-11-6-5-9-14-16(11)18(22)13-8-4-3-7-12(13)17(14)21/h3-9,15H,2,10H2,1H3. The Balaban J connectivity index is 2.03. The van der Waals surface area contributed by atoms with Gasteiger partial charge in [0.2, 0.25) is 0 Å². The summed E-state index contributed by atoms with van der Waals surface area (Å²) < 4.78 is 4.90. The number of benzene rings is 2. The van der Waals surface area contributed by atoms with Crippen molar-refractivity contribution in [2.45, 2.75) is 18.7 Å². The first-order chi connectivity index (χ1) is 11.5. The van der Waals surface area contributed by atoms with Gasteiger partial charge in [0, 0.05) is 28.7 Å². The van der Waals surface area contributed by atoms with Crippen LogP contribution in [0.1, 0.15) is 44.3 Å². The van der Waals surface area contributed by atoms with E-state index in [1.807, 2.05) is 0 Å². The summed E-state index contributed by atoms with van der Waals surface area (Å²) in [5, 5.41) is -0.906. The monoisotopic (exact) mass is 342 g/mol. The molecule has 4 nitrogen and oxygen atoms in total. The number of hydrogen-bond acceptors (Lipinski definition) is 4. The van der Waals surface area contributed by atoms with E-state index in [1.165, 1.54) is 0 Å². The van der Waals surface area contributed by atoms with Crippen LogP contribution in [-0.2, 0) is 16.0 Å². The van der Waals surface area contributed by atoms with Crippen LogP contribution in [0.2, 0.25) is 0 Å². The smallest absolute Gasteiger partial charge is 0.324 e. The van der Waals surface area contributed by atoms with E-state index in [0.717, 1.165) is 0 Å². The van der Waals surface area contributed by atoms with Gasteiger partial charge < -0.3 is 4.74 Å². The third kappa shape index (κ3) is 2.74. The van der Waals surface area contributed by atoms with E-state index in [-0.39, 0.29) is 24.6 Å². The summed E-state index contributed by atoms with van der Waals surface area (Å²) in [6.07, 6.45) is 0.130. The molecule has 0 aliphatic heterocycles. The number of hydrogen-bond donors (Lipinski definition) is 0. The molecule has 24 heavy (non-hydrogen) atoms. The number of ketones is 2. The summed E-state index contributed by atoms with van der Waals surface area (Å²) >= 11 is 6.10. The van der Waals surface area contributed by atoms with Crippen molar-refractivity contribution in [2.75, 3.05) is 6.61 Å². The summed E-state index contributed by atoms with van der Waals surface area (Å²) in [5.41, 5.74) is 2.04. The van der Waals surface area contributed by atoms with Crippen LogP contribution >= 0.6 is 11.6 Å². The van der Waals surface area contributed by atoms with E-state index in [1.54, 1.807) is 49.4 Å². The van der Waals surface area contributed by atoms with Crippen LogP contribution in [0.3, 0.4) is 0 Å². The molecule has 0 saturated carbocycles. The van der Waals surface area contributed by atoms with E-state index < -0.39 is 11.3 Å². The minimum Gasteiger partial charge on any atom is -0.465 e. The summed E-state index contributed by atoms with van der Waals surface area (Å²) in [4.78, 5) is 37.2. The minimum absolute atomic E-state index is 0.130. The van der Waals surface area contributed by atoms with Crippen molar-refractivity contribution in [3.63, 3.8) is 0 Å². The third-order valence-corrected chi connectivity index (χ3v) is 4.31. The van der Waals surface area contributed by atoms with Gasteiger partial charge in [-0.25, -0.2) is 0 Å². The molecule has 0 heterocycles. The fourth-order valence-corrected chi connectivity index (χ4v) is 3.12. The molecular formula is C19H15ClO4. The number of esters is 1. The van der Waals surface area contributed by atoms with Crippen LogP contribution in [0.4, 0.5) is 0 Å². The first-order valence-electron chi connectivity index (χ1n) is 7.65. The molecule has 1 atom stereocenters. The molecule has 1 unspecified atom stereocenters. The van der Waals surface area contributed by atoms with Gasteiger partial charge in [-0.05, 0) is 12.5 Å². The highest BCUT2D eigenvalue weighted by atomic mass is 35.5. The zero-order valence-electron chi connectivity index (χ0n) is 13.0. The second kappa shape index (κ2) is 6.57. The number of carbonyl (C=O) groups is 3. The second-order valence-electron chi connectivity index (χ2n) is 5.47. The van der Waals surface area contributed by atoms with E-state index >= 15 is 0 Å². The van der Waals surface area contributed by atoms with Gasteiger partial charge in [-0.3, -0.25) is 14.4 Å². The lowest BCUT2D eigenvalue weighted by molar-refractivity contribution is -0.142. The number of carbonyl (C=O) groups excluding carboxylic acids is 3. The molecule has 5 heteroatoms. The zero-order valence-corrected chi connectivity index (χ0v) is 13.8. The third-order valence-electron chi connectivity index (χ3n) is 3.98. The number of alkyl halides is 1. The van der Waals surface area contributed by atoms with E-state index in [0.29, 0.717) is 27.8 Å². The number of ether oxygens (including phenoxy) is 1. The largest absolute Gasteiger partial charge is 0.465 e. The molecule has 0 amide bonds. The first kappa shape index (κ1) is 16.4. The maximum absolute atomic E-state index is 12.8. The molecule has 1 aliphatic rings. The molecule has 0 bridgehead atoms. The maximum Gasteiger partial charge on any atom is 0.324 e. The van der Waals surface area contributed by atoms with Gasteiger partial charge in [-0.2, -0.15) is 0 Å². The Morgan fingerprint density at radius 2 is 1.62 bits per heavy atom. The predicted molar refractivity (Wildman–Crippen MR) is 89.7 cm³/mol. The van der Waals surface area contributed by atoms with Gasteiger partial charge >= 0.3 is 5.97 Å². The van der Waals surface area contributed by atoms with Gasteiger partial charge in [0.15, 0.2) is 11.6 Å². The van der Waals surface area contributed by atoms with E-state index in [9.17, 15) is 14.4 Å². The summed E-state index contributed by atoms with van der Waals surface area (Å²) in [6.45, 7) is 1.94. The minimum atomic E-state index is -0.906. The summed E-state index contributed by atoms with van der Waals surface area (Å²) in [7, 11) is 0. The lowest BCUT2D eigenvalue weighted by Crippen LogP contribution is -2.25. The van der Waals surface area contributed by atoms with Crippen molar-refractivity contribution in [2.24, 2.45) is 0 Å². The zero-order chi connectivity index (χ0) is 17.3. The van der Waals surface area contributed by atoms with Crippen LogP contribution < -0.4 is 0 Å². The van der Waals surface area contributed by atoms with Crippen LogP contribution in [0.5, 0.6) is 0 Å². The van der Waals surface area contributed by atoms with Crippen molar-refractivity contribution in [3.05, 3.63) is 70.3 Å². The van der Waals surface area contributed by atoms with Gasteiger partial charge in [0.1, 0.15) is 5.38 Å². The lowest BCUT2D eigenvalue weighted by Gasteiger charge is -2.20. The van der Waals surface area contributed by atoms with Crippen LogP contribution in [0.15, 0.2) is 42.5 Å². The highest BCUT2D eigenvalue weighted by Gasteiger charge is 2.32. The van der Waals surface area contributed by atoms with E-state index in [4.69, 9.17) is 16.3 Å². The SMILES string of the molecule is CCOC(=O)C(Cl)Cc1cccc2c1C(=O)c1ccccc1C2=O. The van der Waals surface area contributed by atoms with E-state index in [2.05, 4.69) is 0 Å². The van der Waals surface area contributed by atoms with Crippen LogP contribution in [0, 0.1) is 0 Å². The highest BCUT2D eigenvalue weighted by Crippen LogP contribution is 2.30. The van der Waals surface area contributed by atoms with Crippen molar-refractivity contribution >= 4 is 29.1 Å². The van der Waals surface area contributed by atoms with Crippen LogP contribution in [-0.4, -0.2) is 29.5 Å². The highest BCUT2D eigenvalue weighted by molar-refractivity contribution is 6.31. The topological polar surface area (TPSA) is 60.4 Å². The normalized spacial score (nSPS) is 13.9. The quantitative estimate of drug-likeness (QED) is 0.539. The summed E-state index contributed by atoms with van der Waals surface area (Å²) in [6, 6.07) is 11.8. The van der Waals surface area contributed by atoms with Gasteiger partial charge in [0.25, 0.3) is 0 Å². The molecular weight excluding hydrogens is 328 g/mol. The summed E-state index contributed by atoms with van der Waals surface area (Å²) in [5.74, 6) is -0.945. The molecule has 2 aromatic carbocycles. The number of fused-ring (bicyclic) bond motifs is 2. The average molecular weight is 343 g/mol. The fourth-order valence-electron chi connectivity index (χ4n) is 2.90. The molecule has 0 radical (unpaired) electrons. The van der Waals surface area contributed by atoms with Gasteiger partial charge in [-0.1, -0.05) is 42.5 Å². The Morgan fingerprint density at radius 3 is 2.29 bits per heavy atom. The van der Waals surface area contributed by atoms with Crippen molar-refractivity contribution in [1.29, 1.82) is 0 Å². The molecule has 1 aliphatic carbocycles. The molecule has 0 fully saturated rings. The Hall–Kier alpha value is -2.46. The first-order valence-corrected chi connectivity index (χ1v) is 8.09. The second-order valence-corrected chi connectivity index (χ2v) is 5.99. The molecule has 2 aromatic rings. The van der Waals surface area contributed by atoms with Crippen molar-refractivity contribution < 1.29 is 19.1 Å². The number of rotatable bonds is 4.